The maximum absolute atomic E-state index is 12.9. The molecule has 2 amide bonds. The van der Waals surface area contributed by atoms with Crippen molar-refractivity contribution < 1.29 is 19.1 Å². The van der Waals surface area contributed by atoms with Gasteiger partial charge in [0.1, 0.15) is 5.15 Å². The Morgan fingerprint density at radius 2 is 1.92 bits per heavy atom. The van der Waals surface area contributed by atoms with E-state index in [1.54, 1.807) is 22.9 Å². The first-order valence-electron chi connectivity index (χ1n) is 11.6. The fraction of sp³-hybridized carbons (Fsp3) is 0.185. The minimum Gasteiger partial charge on any atom is -0.454 e. The van der Waals surface area contributed by atoms with Gasteiger partial charge in [0.15, 0.2) is 17.2 Å². The zero-order valence-electron chi connectivity index (χ0n) is 20.0. The first-order chi connectivity index (χ1) is 17.7. The van der Waals surface area contributed by atoms with Gasteiger partial charge in [-0.3, -0.25) is 9.59 Å². The van der Waals surface area contributed by atoms with E-state index in [1.807, 2.05) is 30.3 Å². The van der Waals surface area contributed by atoms with Crippen molar-refractivity contribution in [3.63, 3.8) is 0 Å². The van der Waals surface area contributed by atoms with Crippen molar-refractivity contribution in [3.8, 4) is 28.4 Å². The number of carbonyl (C=O) groups is 2. The topological polar surface area (TPSA) is 121 Å². The van der Waals surface area contributed by atoms with Crippen LogP contribution < -0.4 is 20.5 Å². The second-order valence-electron chi connectivity index (χ2n) is 9.61. The van der Waals surface area contributed by atoms with Crippen LogP contribution in [0, 0.1) is 0 Å². The molecule has 0 unspecified atom stereocenters. The van der Waals surface area contributed by atoms with Crippen LogP contribution in [-0.2, 0) is 11.8 Å². The molecule has 3 N–H and O–H groups in total. The van der Waals surface area contributed by atoms with Gasteiger partial charge in [-0.25, -0.2) is 9.67 Å². The molecule has 9 nitrogen and oxygen atoms in total. The zero-order chi connectivity index (χ0) is 25.9. The minimum atomic E-state index is -0.606. The van der Waals surface area contributed by atoms with Crippen LogP contribution >= 0.6 is 11.6 Å². The van der Waals surface area contributed by atoms with Crippen LogP contribution in [0.3, 0.4) is 0 Å². The molecule has 186 valence electrons. The molecule has 2 aliphatic rings. The molecule has 1 aliphatic carbocycles. The second kappa shape index (κ2) is 8.35. The number of ether oxygens (including phenoxy) is 2. The number of primary amides is 1. The Morgan fingerprint density at radius 1 is 1.11 bits per heavy atom. The van der Waals surface area contributed by atoms with E-state index in [9.17, 15) is 9.59 Å². The fourth-order valence-electron chi connectivity index (χ4n) is 5.00. The number of hydrogen-bond acceptors (Lipinski definition) is 6. The number of rotatable bonds is 4. The first-order valence-corrected chi connectivity index (χ1v) is 12.0. The van der Waals surface area contributed by atoms with Gasteiger partial charge >= 0.3 is 0 Å². The highest BCUT2D eigenvalue weighted by atomic mass is 35.5. The molecule has 0 saturated heterocycles. The summed E-state index contributed by atoms with van der Waals surface area (Å²) >= 11 is 6.12. The Hall–Kier alpha value is -4.37. The lowest BCUT2D eigenvalue weighted by Gasteiger charge is -2.33. The van der Waals surface area contributed by atoms with E-state index in [2.05, 4.69) is 29.2 Å². The molecule has 0 radical (unpaired) electrons. The highest BCUT2D eigenvalue weighted by Crippen LogP contribution is 2.46. The Bertz CT molecular complexity index is 1610. The van der Waals surface area contributed by atoms with E-state index in [-0.39, 0.29) is 34.5 Å². The van der Waals surface area contributed by atoms with Gasteiger partial charge < -0.3 is 20.5 Å². The average molecular weight is 516 g/mol. The lowest BCUT2D eigenvalue weighted by atomic mass is 9.71. The summed E-state index contributed by atoms with van der Waals surface area (Å²) in [6, 6.07) is 14.4. The van der Waals surface area contributed by atoms with Crippen LogP contribution in [-0.4, -0.2) is 33.4 Å². The number of hydrogen-bond donors (Lipinski definition) is 2. The van der Waals surface area contributed by atoms with Crippen LogP contribution in [0.2, 0.25) is 5.15 Å². The third kappa shape index (κ3) is 3.79. The van der Waals surface area contributed by atoms with Crippen LogP contribution in [0.1, 0.15) is 45.8 Å². The molecule has 0 spiro atoms. The summed E-state index contributed by atoms with van der Waals surface area (Å²) in [4.78, 5) is 29.4. The molecule has 4 aromatic rings. The zero-order valence-corrected chi connectivity index (χ0v) is 20.8. The largest absolute Gasteiger partial charge is 0.454 e. The summed E-state index contributed by atoms with van der Waals surface area (Å²) < 4.78 is 12.7. The fourth-order valence-corrected chi connectivity index (χ4v) is 5.20. The molecule has 2 aromatic carbocycles. The van der Waals surface area contributed by atoms with Crippen LogP contribution in [0.5, 0.6) is 11.5 Å². The van der Waals surface area contributed by atoms with Crippen LogP contribution in [0.15, 0.2) is 54.7 Å². The van der Waals surface area contributed by atoms with Crippen LogP contribution in [0.25, 0.3) is 16.9 Å². The number of amides is 2. The summed E-state index contributed by atoms with van der Waals surface area (Å²) in [5.41, 5.74) is 10.6. The van der Waals surface area contributed by atoms with Crippen molar-refractivity contribution in [2.24, 2.45) is 5.73 Å². The summed E-state index contributed by atoms with van der Waals surface area (Å²) in [5, 5.41) is 7.66. The normalized spacial score (nSPS) is 14.6. The number of nitrogens with zero attached hydrogens (tertiary/aromatic N) is 3. The minimum absolute atomic E-state index is 0.119. The van der Waals surface area contributed by atoms with Crippen LogP contribution in [0.4, 0.5) is 5.69 Å². The van der Waals surface area contributed by atoms with E-state index in [1.165, 1.54) is 6.20 Å². The van der Waals surface area contributed by atoms with Gasteiger partial charge in [-0.05, 0) is 53.8 Å². The number of nitrogens with one attached hydrogen (secondary N) is 1. The molecule has 10 heteroatoms. The van der Waals surface area contributed by atoms with Gasteiger partial charge in [-0.15, -0.1) is 0 Å². The molecule has 0 bridgehead atoms. The summed E-state index contributed by atoms with van der Waals surface area (Å²) in [6.45, 7) is 4.35. The third-order valence-corrected chi connectivity index (χ3v) is 7.00. The molecule has 3 heterocycles. The van der Waals surface area contributed by atoms with E-state index in [4.69, 9.17) is 26.8 Å². The summed E-state index contributed by atoms with van der Waals surface area (Å²) in [5.74, 6) is 0.245. The average Bonchev–Trinajstić information content (AvgIpc) is 3.48. The molecule has 37 heavy (non-hydrogen) atoms. The van der Waals surface area contributed by atoms with Gasteiger partial charge in [0.05, 0.1) is 16.9 Å². The number of aromatic nitrogens is 3. The SMILES string of the molecule is CC1(C)Cc2c(C(N)=O)nn(-c3ccc4c(c3)OCO4)c2-c2cc(NC(=O)c3cccnc3Cl)ccc21. The number of carbonyl (C=O) groups excluding carboxylic acids is 2. The predicted octanol–water partition coefficient (Wildman–Crippen LogP) is 4.50. The molecule has 6 rings (SSSR count). The van der Waals surface area contributed by atoms with Gasteiger partial charge in [-0.1, -0.05) is 31.5 Å². The maximum Gasteiger partial charge on any atom is 0.269 e. The summed E-state index contributed by atoms with van der Waals surface area (Å²) in [7, 11) is 0. The molecular formula is C27H22ClN5O4. The standard InChI is InChI=1S/C27H22ClN5O4/c1-27(2)12-18-22(25(29)34)32-33(15-6-8-20-21(11-15)37-13-36-20)23(18)17-10-14(5-7-19(17)27)31-26(35)16-4-3-9-30-24(16)28/h3-11H,12-13H2,1-2H3,(H2,29,34)(H,31,35). The Kier molecular flexibility index (Phi) is 5.20. The molecule has 1 aliphatic heterocycles. The Morgan fingerprint density at radius 3 is 2.70 bits per heavy atom. The highest BCUT2D eigenvalue weighted by molar-refractivity contribution is 6.33. The smallest absolute Gasteiger partial charge is 0.269 e. The van der Waals surface area contributed by atoms with E-state index >= 15 is 0 Å². The quantitative estimate of drug-likeness (QED) is 0.386. The van der Waals surface area contributed by atoms with Crippen molar-refractivity contribution in [1.82, 2.24) is 14.8 Å². The Balaban J connectivity index is 1.51. The molecule has 0 atom stereocenters. The van der Waals surface area contributed by atoms with Gasteiger partial charge in [0, 0.05) is 29.1 Å². The van der Waals surface area contributed by atoms with E-state index in [0.717, 1.165) is 22.4 Å². The summed E-state index contributed by atoms with van der Waals surface area (Å²) in [6.07, 6.45) is 2.09. The molecule has 0 saturated carbocycles. The molecule has 2 aromatic heterocycles. The number of benzene rings is 2. The van der Waals surface area contributed by atoms with Crippen molar-refractivity contribution in [1.29, 1.82) is 0 Å². The number of pyridine rings is 1. The number of fused-ring (bicyclic) bond motifs is 4. The van der Waals surface area contributed by atoms with Crippen molar-refractivity contribution in [2.45, 2.75) is 25.7 Å². The maximum atomic E-state index is 12.9. The van der Waals surface area contributed by atoms with E-state index < -0.39 is 5.91 Å². The van der Waals surface area contributed by atoms with Crippen molar-refractivity contribution in [3.05, 3.63) is 82.3 Å². The lowest BCUT2D eigenvalue weighted by Crippen LogP contribution is -2.27. The molecule has 0 fully saturated rings. The third-order valence-electron chi connectivity index (χ3n) is 6.70. The van der Waals surface area contributed by atoms with Gasteiger partial charge in [0.25, 0.3) is 11.8 Å². The second-order valence-corrected chi connectivity index (χ2v) is 9.96. The lowest BCUT2D eigenvalue weighted by molar-refractivity contribution is 0.0992. The highest BCUT2D eigenvalue weighted by Gasteiger charge is 2.37. The Labute approximate surface area is 217 Å². The monoisotopic (exact) mass is 515 g/mol. The number of halogens is 1. The number of nitrogens with two attached hydrogens (primary N) is 1. The molecular weight excluding hydrogens is 494 g/mol. The van der Waals surface area contributed by atoms with E-state index in [0.29, 0.717) is 29.3 Å². The van der Waals surface area contributed by atoms with Gasteiger partial charge in [-0.2, -0.15) is 5.10 Å². The van der Waals surface area contributed by atoms with Crippen molar-refractivity contribution >= 4 is 29.1 Å². The predicted molar refractivity (Wildman–Crippen MR) is 138 cm³/mol. The van der Waals surface area contributed by atoms with Crippen molar-refractivity contribution in [2.75, 3.05) is 12.1 Å². The first kappa shape index (κ1) is 23.1. The number of anilines is 1. The van der Waals surface area contributed by atoms with Gasteiger partial charge in [0.2, 0.25) is 6.79 Å².